The van der Waals surface area contributed by atoms with Gasteiger partial charge < -0.3 is 4.90 Å². The topological polar surface area (TPSA) is 52.8 Å². The number of anilines is 1. The number of benzene rings is 1. The van der Waals surface area contributed by atoms with Crippen LogP contribution in [0.25, 0.3) is 0 Å². The summed E-state index contributed by atoms with van der Waals surface area (Å²) in [5.41, 5.74) is 4.48. The zero-order chi connectivity index (χ0) is 14.8. The Morgan fingerprint density at radius 1 is 1.24 bits per heavy atom. The summed E-state index contributed by atoms with van der Waals surface area (Å²) in [6, 6.07) is 8.69. The third-order valence-electron chi connectivity index (χ3n) is 4.13. The van der Waals surface area contributed by atoms with Crippen LogP contribution in [0.1, 0.15) is 34.7 Å². The van der Waals surface area contributed by atoms with Crippen LogP contribution >= 0.6 is 0 Å². The molecule has 106 valence electrons. The Morgan fingerprint density at radius 2 is 2.10 bits per heavy atom. The average Bonchev–Trinajstić information content (AvgIpc) is 2.97. The lowest BCUT2D eigenvalue weighted by Gasteiger charge is -2.18. The van der Waals surface area contributed by atoms with Gasteiger partial charge >= 0.3 is 0 Å². The molecule has 0 saturated carbocycles. The van der Waals surface area contributed by atoms with Crippen molar-refractivity contribution < 1.29 is 0 Å². The van der Waals surface area contributed by atoms with Gasteiger partial charge in [-0.1, -0.05) is 23.8 Å². The molecule has 21 heavy (non-hydrogen) atoms. The van der Waals surface area contributed by atoms with Gasteiger partial charge in [0.1, 0.15) is 11.9 Å². The minimum atomic E-state index is 0.365. The summed E-state index contributed by atoms with van der Waals surface area (Å²) in [6.07, 6.45) is 4.37. The van der Waals surface area contributed by atoms with E-state index in [1.165, 1.54) is 16.7 Å². The fourth-order valence-corrected chi connectivity index (χ4v) is 3.05. The van der Waals surface area contributed by atoms with Crippen LogP contribution in [0.3, 0.4) is 0 Å². The molecule has 0 aliphatic carbocycles. The van der Waals surface area contributed by atoms with Crippen LogP contribution in [0.4, 0.5) is 5.82 Å². The molecule has 1 atom stereocenters. The van der Waals surface area contributed by atoms with Crippen LogP contribution in [0.5, 0.6) is 0 Å². The standard InChI is InChI=1S/C17H18N4/c1-12-3-4-16(13(2)7-12)14-5-6-21(11-14)17-10-19-15(8-18)9-20-17/h3-4,7,9-10,14H,5-6,11H2,1-2H3/t14-/m1/s1. The highest BCUT2D eigenvalue weighted by atomic mass is 15.2. The van der Waals surface area contributed by atoms with Crippen LogP contribution in [0, 0.1) is 25.2 Å². The van der Waals surface area contributed by atoms with E-state index in [4.69, 9.17) is 5.26 Å². The van der Waals surface area contributed by atoms with Crippen LogP contribution in [-0.4, -0.2) is 23.1 Å². The number of rotatable bonds is 2. The van der Waals surface area contributed by atoms with Crippen LogP contribution < -0.4 is 4.90 Å². The van der Waals surface area contributed by atoms with E-state index in [9.17, 15) is 0 Å². The molecule has 2 heterocycles. The van der Waals surface area contributed by atoms with Crippen molar-refractivity contribution in [3.05, 3.63) is 53.0 Å². The first-order valence-corrected chi connectivity index (χ1v) is 7.21. The molecule has 0 radical (unpaired) electrons. The molecular weight excluding hydrogens is 260 g/mol. The van der Waals surface area contributed by atoms with E-state index in [1.54, 1.807) is 12.4 Å². The Kier molecular flexibility index (Phi) is 3.57. The SMILES string of the molecule is Cc1ccc([C@@H]2CCN(c3cnc(C#N)cn3)C2)c(C)c1. The van der Waals surface area contributed by atoms with E-state index in [-0.39, 0.29) is 0 Å². The molecule has 2 aromatic rings. The zero-order valence-electron chi connectivity index (χ0n) is 12.4. The van der Waals surface area contributed by atoms with Gasteiger partial charge in [0.05, 0.1) is 12.4 Å². The predicted octanol–water partition coefficient (Wildman–Crippen LogP) is 2.96. The number of hydrogen-bond acceptors (Lipinski definition) is 4. The lowest BCUT2D eigenvalue weighted by atomic mass is 9.93. The van der Waals surface area contributed by atoms with Crippen molar-refractivity contribution in [2.45, 2.75) is 26.2 Å². The van der Waals surface area contributed by atoms with Crippen molar-refractivity contribution in [1.82, 2.24) is 9.97 Å². The monoisotopic (exact) mass is 278 g/mol. The number of nitriles is 1. The van der Waals surface area contributed by atoms with Gasteiger partial charge in [-0.2, -0.15) is 5.26 Å². The molecule has 4 nitrogen and oxygen atoms in total. The third-order valence-corrected chi connectivity index (χ3v) is 4.13. The Balaban J connectivity index is 1.77. The van der Waals surface area contributed by atoms with E-state index < -0.39 is 0 Å². The molecule has 4 heteroatoms. The van der Waals surface area contributed by atoms with Gasteiger partial charge in [-0.25, -0.2) is 9.97 Å². The van der Waals surface area contributed by atoms with E-state index in [0.29, 0.717) is 11.6 Å². The highest BCUT2D eigenvalue weighted by Gasteiger charge is 2.25. The fraction of sp³-hybridized carbons (Fsp3) is 0.353. The summed E-state index contributed by atoms with van der Waals surface area (Å²) >= 11 is 0. The minimum Gasteiger partial charge on any atom is -0.355 e. The van der Waals surface area contributed by atoms with E-state index in [1.807, 2.05) is 6.07 Å². The molecule has 0 unspecified atom stereocenters. The Morgan fingerprint density at radius 3 is 2.76 bits per heavy atom. The molecule has 1 aromatic heterocycles. The van der Waals surface area contributed by atoms with Crippen molar-refractivity contribution in [3.63, 3.8) is 0 Å². The second kappa shape index (κ2) is 5.53. The van der Waals surface area contributed by atoms with Gasteiger partial charge in [0, 0.05) is 19.0 Å². The van der Waals surface area contributed by atoms with Gasteiger partial charge in [0.15, 0.2) is 5.69 Å². The van der Waals surface area contributed by atoms with Crippen molar-refractivity contribution >= 4 is 5.82 Å². The highest BCUT2D eigenvalue weighted by Crippen LogP contribution is 2.31. The molecule has 0 N–H and O–H groups in total. The Bertz CT molecular complexity index is 685. The third kappa shape index (κ3) is 2.73. The normalized spacial score (nSPS) is 17.8. The first-order chi connectivity index (χ1) is 10.2. The lowest BCUT2D eigenvalue weighted by molar-refractivity contribution is 0.767. The first kappa shape index (κ1) is 13.6. The Hall–Kier alpha value is -2.41. The fourth-order valence-electron chi connectivity index (χ4n) is 3.05. The number of aryl methyl sites for hydroxylation is 2. The molecule has 0 amide bonds. The number of hydrogen-bond donors (Lipinski definition) is 0. The minimum absolute atomic E-state index is 0.365. The highest BCUT2D eigenvalue weighted by molar-refractivity contribution is 5.42. The van der Waals surface area contributed by atoms with Crippen LogP contribution in [-0.2, 0) is 0 Å². The van der Waals surface area contributed by atoms with Crippen molar-refractivity contribution in [2.75, 3.05) is 18.0 Å². The smallest absolute Gasteiger partial charge is 0.158 e. The van der Waals surface area contributed by atoms with E-state index >= 15 is 0 Å². The summed E-state index contributed by atoms with van der Waals surface area (Å²) in [4.78, 5) is 10.7. The second-order valence-electron chi connectivity index (χ2n) is 5.66. The predicted molar refractivity (Wildman–Crippen MR) is 82.2 cm³/mol. The molecule has 0 bridgehead atoms. The summed E-state index contributed by atoms with van der Waals surface area (Å²) < 4.78 is 0. The van der Waals surface area contributed by atoms with E-state index in [0.717, 1.165) is 25.3 Å². The molecule has 1 saturated heterocycles. The molecule has 1 aromatic carbocycles. The summed E-state index contributed by atoms with van der Waals surface area (Å²) in [7, 11) is 0. The Labute approximate surface area is 125 Å². The van der Waals surface area contributed by atoms with Crippen molar-refractivity contribution in [1.29, 1.82) is 5.26 Å². The average molecular weight is 278 g/mol. The van der Waals surface area contributed by atoms with Crippen LogP contribution in [0.2, 0.25) is 0 Å². The van der Waals surface area contributed by atoms with Crippen molar-refractivity contribution in [3.8, 4) is 6.07 Å². The van der Waals surface area contributed by atoms with Gasteiger partial charge in [-0.15, -0.1) is 0 Å². The number of nitrogens with zero attached hydrogens (tertiary/aromatic N) is 4. The second-order valence-corrected chi connectivity index (χ2v) is 5.66. The largest absolute Gasteiger partial charge is 0.355 e. The summed E-state index contributed by atoms with van der Waals surface area (Å²) in [5.74, 6) is 1.41. The maximum absolute atomic E-state index is 8.77. The zero-order valence-corrected chi connectivity index (χ0v) is 12.4. The molecule has 0 spiro atoms. The maximum Gasteiger partial charge on any atom is 0.158 e. The lowest BCUT2D eigenvalue weighted by Crippen LogP contribution is -2.20. The molecular formula is C17H18N4. The molecule has 1 fully saturated rings. The summed E-state index contributed by atoms with van der Waals surface area (Å²) in [6.45, 7) is 6.26. The van der Waals surface area contributed by atoms with Gasteiger partial charge in [0.2, 0.25) is 0 Å². The van der Waals surface area contributed by atoms with E-state index in [2.05, 4.69) is 46.9 Å². The van der Waals surface area contributed by atoms with Gasteiger partial charge in [-0.05, 0) is 31.4 Å². The quantitative estimate of drug-likeness (QED) is 0.847. The maximum atomic E-state index is 8.77. The number of aromatic nitrogens is 2. The first-order valence-electron chi connectivity index (χ1n) is 7.21. The van der Waals surface area contributed by atoms with Crippen LogP contribution in [0.15, 0.2) is 30.6 Å². The van der Waals surface area contributed by atoms with Crippen molar-refractivity contribution in [2.24, 2.45) is 0 Å². The summed E-state index contributed by atoms with van der Waals surface area (Å²) in [5, 5.41) is 8.77. The van der Waals surface area contributed by atoms with Gasteiger partial charge in [0.25, 0.3) is 0 Å². The molecule has 1 aliphatic heterocycles. The van der Waals surface area contributed by atoms with Gasteiger partial charge in [-0.3, -0.25) is 0 Å². The molecule has 3 rings (SSSR count). The molecule has 1 aliphatic rings.